The topological polar surface area (TPSA) is 64.0 Å². The monoisotopic (exact) mass is 227 g/mol. The predicted octanol–water partition coefficient (Wildman–Crippen LogP) is -0.125. The summed E-state index contributed by atoms with van der Waals surface area (Å²) >= 11 is 5.08. The fraction of sp³-hybridized carbons (Fsp3) is 0.625. The van der Waals surface area contributed by atoms with Gasteiger partial charge in [-0.15, -0.1) is 10.2 Å². The van der Waals surface area contributed by atoms with Gasteiger partial charge < -0.3 is 10.1 Å². The lowest BCUT2D eigenvalue weighted by Crippen LogP contribution is -2.37. The van der Waals surface area contributed by atoms with Crippen LogP contribution in [0, 0.1) is 0 Å². The van der Waals surface area contributed by atoms with Crippen LogP contribution in [-0.4, -0.2) is 39.2 Å². The highest BCUT2D eigenvalue weighted by atomic mass is 32.1. The van der Waals surface area contributed by atoms with E-state index in [1.807, 2.05) is 0 Å². The Labute approximate surface area is 93.0 Å². The minimum atomic E-state index is 0.283. The van der Waals surface area contributed by atoms with Gasteiger partial charge in [0.25, 0.3) is 0 Å². The first-order chi connectivity index (χ1) is 7.34. The van der Waals surface area contributed by atoms with Gasteiger partial charge in [0.05, 0.1) is 6.10 Å². The van der Waals surface area contributed by atoms with E-state index in [0.717, 1.165) is 26.0 Å². The molecule has 1 unspecified atom stereocenters. The second-order valence-electron chi connectivity index (χ2n) is 3.33. The molecule has 0 aromatic carbocycles. The van der Waals surface area contributed by atoms with Gasteiger partial charge in [0.15, 0.2) is 5.11 Å². The van der Waals surface area contributed by atoms with Gasteiger partial charge in [-0.25, -0.2) is 4.68 Å². The predicted molar refractivity (Wildman–Crippen MR) is 59.0 cm³/mol. The van der Waals surface area contributed by atoms with Gasteiger partial charge in [0.1, 0.15) is 12.7 Å². The largest absolute Gasteiger partial charge is 0.376 e. The van der Waals surface area contributed by atoms with Crippen molar-refractivity contribution in [2.45, 2.75) is 18.9 Å². The van der Waals surface area contributed by atoms with Gasteiger partial charge in [-0.1, -0.05) is 0 Å². The fourth-order valence-electron chi connectivity index (χ4n) is 1.43. The van der Waals surface area contributed by atoms with Gasteiger partial charge in [-0.3, -0.25) is 5.43 Å². The van der Waals surface area contributed by atoms with E-state index in [9.17, 15) is 0 Å². The molecule has 1 aliphatic heterocycles. The molecule has 0 bridgehead atoms. The zero-order valence-electron chi connectivity index (χ0n) is 8.22. The average molecular weight is 227 g/mol. The van der Waals surface area contributed by atoms with Crippen LogP contribution in [0.1, 0.15) is 12.8 Å². The molecular formula is C8H13N5OS. The number of nitrogens with one attached hydrogen (secondary N) is 2. The summed E-state index contributed by atoms with van der Waals surface area (Å²) < 4.78 is 7.05. The molecule has 1 aromatic rings. The van der Waals surface area contributed by atoms with E-state index in [1.54, 1.807) is 17.3 Å². The molecule has 2 rings (SSSR count). The van der Waals surface area contributed by atoms with E-state index in [2.05, 4.69) is 20.9 Å². The third kappa shape index (κ3) is 3.14. The molecule has 0 spiro atoms. The van der Waals surface area contributed by atoms with Gasteiger partial charge in [0.2, 0.25) is 0 Å². The molecule has 1 aromatic heterocycles. The van der Waals surface area contributed by atoms with Crippen LogP contribution in [-0.2, 0) is 4.74 Å². The summed E-state index contributed by atoms with van der Waals surface area (Å²) in [6.07, 6.45) is 5.60. The van der Waals surface area contributed by atoms with Crippen LogP contribution < -0.4 is 10.7 Å². The summed E-state index contributed by atoms with van der Waals surface area (Å²) in [5.41, 5.74) is 2.90. The molecule has 82 valence electrons. The summed E-state index contributed by atoms with van der Waals surface area (Å²) in [7, 11) is 0. The van der Waals surface area contributed by atoms with E-state index in [0.29, 0.717) is 5.11 Å². The first-order valence-electron chi connectivity index (χ1n) is 4.85. The van der Waals surface area contributed by atoms with Crippen LogP contribution in [0.2, 0.25) is 0 Å². The van der Waals surface area contributed by atoms with Crippen molar-refractivity contribution in [3.8, 4) is 0 Å². The second kappa shape index (κ2) is 5.04. The zero-order valence-corrected chi connectivity index (χ0v) is 9.04. The van der Waals surface area contributed by atoms with Gasteiger partial charge >= 0.3 is 0 Å². The molecule has 1 saturated heterocycles. The molecule has 2 N–H and O–H groups in total. The van der Waals surface area contributed by atoms with Crippen molar-refractivity contribution in [2.24, 2.45) is 0 Å². The summed E-state index contributed by atoms with van der Waals surface area (Å²) in [6, 6.07) is 0. The zero-order chi connectivity index (χ0) is 10.5. The maximum atomic E-state index is 5.46. The Balaban J connectivity index is 1.68. The second-order valence-corrected chi connectivity index (χ2v) is 3.73. The molecule has 6 nitrogen and oxygen atoms in total. The first-order valence-corrected chi connectivity index (χ1v) is 5.26. The number of thiocarbonyl (C=S) groups is 1. The maximum absolute atomic E-state index is 5.46. The molecule has 0 aliphatic carbocycles. The minimum absolute atomic E-state index is 0.283. The summed E-state index contributed by atoms with van der Waals surface area (Å²) in [4.78, 5) is 0. The number of rotatable bonds is 3. The van der Waals surface area contributed by atoms with Crippen molar-refractivity contribution in [3.63, 3.8) is 0 Å². The highest BCUT2D eigenvalue weighted by Crippen LogP contribution is 2.10. The quantitative estimate of drug-likeness (QED) is 0.702. The Hall–Kier alpha value is -1.21. The van der Waals surface area contributed by atoms with E-state index >= 15 is 0 Å². The van der Waals surface area contributed by atoms with E-state index in [1.165, 1.54) is 0 Å². The van der Waals surface area contributed by atoms with E-state index in [-0.39, 0.29) is 6.10 Å². The lowest BCUT2D eigenvalue weighted by atomic mass is 10.2. The Morgan fingerprint density at radius 3 is 3.00 bits per heavy atom. The van der Waals surface area contributed by atoms with Crippen LogP contribution in [0.25, 0.3) is 0 Å². The smallest absolute Gasteiger partial charge is 0.185 e. The molecule has 0 radical (unpaired) electrons. The number of hydrogen-bond acceptors (Lipinski definition) is 4. The van der Waals surface area contributed by atoms with Crippen LogP contribution in [0.4, 0.5) is 0 Å². The standard InChI is InChI=1S/C8H13N5OS/c15-8(12-13-5-10-11-6-13)9-4-7-2-1-3-14-7/h5-7H,1-4H2,(H2,9,12,15). The Bertz CT molecular complexity index is 309. The molecule has 2 heterocycles. The van der Waals surface area contributed by atoms with Crippen LogP contribution in [0.15, 0.2) is 12.7 Å². The van der Waals surface area contributed by atoms with Crippen molar-refractivity contribution in [1.29, 1.82) is 0 Å². The van der Waals surface area contributed by atoms with Crippen LogP contribution in [0.5, 0.6) is 0 Å². The van der Waals surface area contributed by atoms with Gasteiger partial charge in [0, 0.05) is 13.2 Å². The normalized spacial score (nSPS) is 20.1. The number of aromatic nitrogens is 3. The molecular weight excluding hydrogens is 214 g/mol. The van der Waals surface area contributed by atoms with Gasteiger partial charge in [-0.2, -0.15) is 0 Å². The molecule has 0 amide bonds. The molecule has 0 saturated carbocycles. The lowest BCUT2D eigenvalue weighted by Gasteiger charge is -2.13. The molecule has 1 fully saturated rings. The number of ether oxygens (including phenoxy) is 1. The Morgan fingerprint density at radius 2 is 2.33 bits per heavy atom. The van der Waals surface area contributed by atoms with Crippen molar-refractivity contribution in [2.75, 3.05) is 18.6 Å². The molecule has 1 atom stereocenters. The van der Waals surface area contributed by atoms with Crippen molar-refractivity contribution < 1.29 is 4.74 Å². The SMILES string of the molecule is S=C(NCC1CCCO1)Nn1cnnc1. The maximum Gasteiger partial charge on any atom is 0.185 e. The Morgan fingerprint density at radius 1 is 1.53 bits per heavy atom. The summed E-state index contributed by atoms with van der Waals surface area (Å²) in [5, 5.41) is 10.9. The third-order valence-corrected chi connectivity index (χ3v) is 2.40. The van der Waals surface area contributed by atoms with Gasteiger partial charge in [-0.05, 0) is 25.1 Å². The molecule has 1 aliphatic rings. The number of hydrogen-bond donors (Lipinski definition) is 2. The van der Waals surface area contributed by atoms with Crippen molar-refractivity contribution in [1.82, 2.24) is 20.2 Å². The average Bonchev–Trinajstić information content (AvgIpc) is 2.86. The van der Waals surface area contributed by atoms with Crippen LogP contribution in [0.3, 0.4) is 0 Å². The van der Waals surface area contributed by atoms with Crippen molar-refractivity contribution >= 4 is 17.3 Å². The van der Waals surface area contributed by atoms with Crippen LogP contribution >= 0.6 is 12.2 Å². The highest BCUT2D eigenvalue weighted by molar-refractivity contribution is 7.80. The molecule has 15 heavy (non-hydrogen) atoms. The minimum Gasteiger partial charge on any atom is -0.376 e. The molecule has 7 heteroatoms. The fourth-order valence-corrected chi connectivity index (χ4v) is 1.62. The summed E-state index contributed by atoms with van der Waals surface area (Å²) in [5.74, 6) is 0. The van der Waals surface area contributed by atoms with E-state index < -0.39 is 0 Å². The third-order valence-electron chi connectivity index (χ3n) is 2.16. The number of nitrogens with zero attached hydrogens (tertiary/aromatic N) is 3. The van der Waals surface area contributed by atoms with E-state index in [4.69, 9.17) is 17.0 Å². The van der Waals surface area contributed by atoms with Crippen molar-refractivity contribution in [3.05, 3.63) is 12.7 Å². The Kier molecular flexibility index (Phi) is 3.46. The highest BCUT2D eigenvalue weighted by Gasteiger charge is 2.15. The lowest BCUT2D eigenvalue weighted by molar-refractivity contribution is 0.114. The first kappa shape index (κ1) is 10.3. The summed E-state index contributed by atoms with van der Waals surface area (Å²) in [6.45, 7) is 1.60.